The van der Waals surface area contributed by atoms with Gasteiger partial charge in [0.15, 0.2) is 0 Å². The third kappa shape index (κ3) is 6.23. The molecule has 2 N–H and O–H groups in total. The van der Waals surface area contributed by atoms with E-state index in [4.69, 9.17) is 27.9 Å². The maximum absolute atomic E-state index is 13.0. The first-order chi connectivity index (χ1) is 15.3. The van der Waals surface area contributed by atoms with Crippen LogP contribution in [0.4, 0.5) is 0 Å². The number of halogens is 2. The van der Waals surface area contributed by atoms with Gasteiger partial charge in [0.25, 0.3) is 0 Å². The van der Waals surface area contributed by atoms with Gasteiger partial charge in [-0.05, 0) is 36.2 Å². The zero-order valence-corrected chi connectivity index (χ0v) is 19.5. The van der Waals surface area contributed by atoms with Crippen molar-refractivity contribution < 1.29 is 17.9 Å². The van der Waals surface area contributed by atoms with Crippen LogP contribution in [0.5, 0.6) is 5.75 Å². The Balaban J connectivity index is 1.84. The van der Waals surface area contributed by atoms with E-state index >= 15 is 0 Å². The van der Waals surface area contributed by atoms with E-state index in [1.165, 1.54) is 18.2 Å². The molecular weight excluding hydrogens is 471 g/mol. The quantitative estimate of drug-likeness (QED) is 0.468. The molecule has 6 nitrogen and oxygen atoms in total. The molecule has 0 bridgehead atoms. The van der Waals surface area contributed by atoms with Crippen LogP contribution >= 0.6 is 23.2 Å². The summed E-state index contributed by atoms with van der Waals surface area (Å²) in [6, 6.07) is 19.4. The maximum atomic E-state index is 13.0. The molecule has 9 heteroatoms. The van der Waals surface area contributed by atoms with Crippen LogP contribution in [0.1, 0.15) is 11.1 Å². The van der Waals surface area contributed by atoms with Crippen molar-refractivity contribution in [3.63, 3.8) is 0 Å². The van der Waals surface area contributed by atoms with Crippen molar-refractivity contribution in [3.8, 4) is 5.75 Å². The Morgan fingerprint density at radius 3 is 2.41 bits per heavy atom. The van der Waals surface area contributed by atoms with Gasteiger partial charge in [0.05, 0.1) is 12.1 Å². The second-order valence-corrected chi connectivity index (χ2v) is 9.49. The Kier molecular flexibility index (Phi) is 8.15. The van der Waals surface area contributed by atoms with Crippen molar-refractivity contribution in [1.82, 2.24) is 10.0 Å². The van der Waals surface area contributed by atoms with Crippen molar-refractivity contribution in [2.75, 3.05) is 7.11 Å². The lowest BCUT2D eigenvalue weighted by Crippen LogP contribution is -2.47. The lowest BCUT2D eigenvalue weighted by atomic mass is 10.1. The number of benzene rings is 3. The molecule has 0 aliphatic rings. The van der Waals surface area contributed by atoms with Crippen LogP contribution in [0.2, 0.25) is 10.0 Å². The van der Waals surface area contributed by atoms with E-state index in [1.54, 1.807) is 13.2 Å². The van der Waals surface area contributed by atoms with E-state index in [2.05, 4.69) is 10.0 Å². The van der Waals surface area contributed by atoms with Crippen molar-refractivity contribution in [2.24, 2.45) is 0 Å². The van der Waals surface area contributed by atoms with Crippen molar-refractivity contribution >= 4 is 39.1 Å². The minimum absolute atomic E-state index is 0.00907. The standard InChI is InChI=1S/C23H22Cl2N2O4S/c1-31-21-10-6-5-9-17(21)15-26-23(28)20(13-16-7-3-2-4-8-16)27-32(29,30)22-14-18(24)11-12-19(22)25/h2-12,14,20,27H,13,15H2,1H3,(H,26,28)/t20-/m1/s1. The zero-order valence-electron chi connectivity index (χ0n) is 17.2. The minimum Gasteiger partial charge on any atom is -0.496 e. The molecular formula is C23H22Cl2N2O4S. The number of hydrogen-bond acceptors (Lipinski definition) is 4. The van der Waals surface area contributed by atoms with Crippen LogP contribution in [0.25, 0.3) is 0 Å². The molecule has 0 fully saturated rings. The average Bonchev–Trinajstić information content (AvgIpc) is 2.79. The van der Waals surface area contributed by atoms with Crippen LogP contribution in [-0.4, -0.2) is 27.5 Å². The molecule has 0 aliphatic carbocycles. The Morgan fingerprint density at radius 2 is 1.69 bits per heavy atom. The van der Waals surface area contributed by atoms with Gasteiger partial charge in [-0.3, -0.25) is 4.79 Å². The molecule has 0 radical (unpaired) electrons. The number of ether oxygens (including phenoxy) is 1. The Labute approximate surface area is 197 Å². The molecule has 168 valence electrons. The summed E-state index contributed by atoms with van der Waals surface area (Å²) in [6.45, 7) is 0.174. The van der Waals surface area contributed by atoms with Crippen LogP contribution in [0.3, 0.4) is 0 Å². The molecule has 0 heterocycles. The Bertz CT molecular complexity index is 1190. The highest BCUT2D eigenvalue weighted by Gasteiger charge is 2.28. The zero-order chi connectivity index (χ0) is 23.1. The topological polar surface area (TPSA) is 84.5 Å². The highest BCUT2D eigenvalue weighted by atomic mass is 35.5. The third-order valence-corrected chi connectivity index (χ3v) is 6.91. The van der Waals surface area contributed by atoms with E-state index in [1.807, 2.05) is 48.5 Å². The molecule has 0 saturated heterocycles. The number of carbonyl (C=O) groups is 1. The van der Waals surface area contributed by atoms with Gasteiger partial charge in [0, 0.05) is 17.1 Å². The molecule has 0 aliphatic heterocycles. The van der Waals surface area contributed by atoms with Crippen LogP contribution < -0.4 is 14.8 Å². The van der Waals surface area contributed by atoms with Crippen molar-refractivity contribution in [3.05, 3.63) is 94.0 Å². The molecule has 32 heavy (non-hydrogen) atoms. The van der Waals surface area contributed by atoms with Gasteiger partial charge in [-0.1, -0.05) is 71.7 Å². The number of methoxy groups -OCH3 is 1. The van der Waals surface area contributed by atoms with Gasteiger partial charge in [0.2, 0.25) is 15.9 Å². The molecule has 3 aromatic rings. The van der Waals surface area contributed by atoms with Gasteiger partial charge in [-0.2, -0.15) is 4.72 Å². The summed E-state index contributed by atoms with van der Waals surface area (Å²) in [6.07, 6.45) is 0.149. The van der Waals surface area contributed by atoms with Crippen LogP contribution in [0, 0.1) is 0 Å². The first-order valence-electron chi connectivity index (χ1n) is 9.71. The van der Waals surface area contributed by atoms with E-state index in [9.17, 15) is 13.2 Å². The summed E-state index contributed by atoms with van der Waals surface area (Å²) >= 11 is 12.0. The molecule has 0 unspecified atom stereocenters. The van der Waals surface area contributed by atoms with Gasteiger partial charge in [-0.15, -0.1) is 0 Å². The van der Waals surface area contributed by atoms with Gasteiger partial charge >= 0.3 is 0 Å². The molecule has 3 rings (SSSR count). The summed E-state index contributed by atoms with van der Waals surface area (Å²) in [4.78, 5) is 12.9. The minimum atomic E-state index is -4.13. The van der Waals surface area contributed by atoms with E-state index in [0.29, 0.717) is 5.75 Å². The van der Waals surface area contributed by atoms with Crippen LogP contribution in [-0.2, 0) is 27.8 Å². The average molecular weight is 493 g/mol. The summed E-state index contributed by atoms with van der Waals surface area (Å²) in [5.74, 6) is 0.139. The maximum Gasteiger partial charge on any atom is 0.242 e. The number of amides is 1. The second-order valence-electron chi connectivity index (χ2n) is 6.97. The Hall–Kier alpha value is -2.58. The normalized spacial score (nSPS) is 12.2. The van der Waals surface area contributed by atoms with Gasteiger partial charge in [0.1, 0.15) is 16.7 Å². The predicted molar refractivity (Wildman–Crippen MR) is 126 cm³/mol. The monoisotopic (exact) mass is 492 g/mol. The Morgan fingerprint density at radius 1 is 1.00 bits per heavy atom. The van der Waals surface area contributed by atoms with Crippen molar-refractivity contribution in [1.29, 1.82) is 0 Å². The third-order valence-electron chi connectivity index (χ3n) is 4.72. The number of rotatable bonds is 9. The summed E-state index contributed by atoms with van der Waals surface area (Å²) < 4.78 is 33.8. The van der Waals surface area contributed by atoms with E-state index in [0.717, 1.165) is 11.1 Å². The molecule has 1 amide bonds. The summed E-state index contributed by atoms with van der Waals surface area (Å²) in [5, 5.41) is 3.02. The van der Waals surface area contributed by atoms with E-state index in [-0.39, 0.29) is 27.9 Å². The molecule has 1 atom stereocenters. The lowest BCUT2D eigenvalue weighted by Gasteiger charge is -2.20. The first kappa shape index (κ1) is 24.1. The highest BCUT2D eigenvalue weighted by Crippen LogP contribution is 2.25. The number of hydrogen-bond donors (Lipinski definition) is 2. The van der Waals surface area contributed by atoms with Crippen molar-refractivity contribution in [2.45, 2.75) is 23.9 Å². The van der Waals surface area contributed by atoms with Gasteiger partial charge in [-0.25, -0.2) is 8.42 Å². The predicted octanol–water partition coefficient (Wildman–Crippen LogP) is 4.21. The fourth-order valence-electron chi connectivity index (χ4n) is 3.13. The lowest BCUT2D eigenvalue weighted by molar-refractivity contribution is -0.122. The molecule has 0 aromatic heterocycles. The number of nitrogens with one attached hydrogen (secondary N) is 2. The molecule has 0 spiro atoms. The smallest absolute Gasteiger partial charge is 0.242 e. The summed E-state index contributed by atoms with van der Waals surface area (Å²) in [5.41, 5.74) is 1.56. The largest absolute Gasteiger partial charge is 0.496 e. The molecule has 3 aromatic carbocycles. The fourth-order valence-corrected chi connectivity index (χ4v) is 5.08. The fraction of sp³-hybridized carbons (Fsp3) is 0.174. The number of carbonyl (C=O) groups excluding carboxylic acids is 1. The summed E-state index contributed by atoms with van der Waals surface area (Å²) in [7, 11) is -2.58. The number of sulfonamides is 1. The SMILES string of the molecule is COc1ccccc1CNC(=O)[C@@H](Cc1ccccc1)NS(=O)(=O)c1cc(Cl)ccc1Cl. The van der Waals surface area contributed by atoms with E-state index < -0.39 is 22.0 Å². The second kappa shape index (κ2) is 10.8. The molecule has 0 saturated carbocycles. The number of para-hydroxylation sites is 1. The van der Waals surface area contributed by atoms with Gasteiger partial charge < -0.3 is 10.1 Å². The highest BCUT2D eigenvalue weighted by molar-refractivity contribution is 7.89. The van der Waals surface area contributed by atoms with Crippen LogP contribution in [0.15, 0.2) is 77.7 Å². The first-order valence-corrected chi connectivity index (χ1v) is 11.9.